The second-order valence-corrected chi connectivity index (χ2v) is 8.28. The van der Waals surface area contributed by atoms with Gasteiger partial charge in [-0.2, -0.15) is 0 Å². The van der Waals surface area contributed by atoms with Crippen LogP contribution in [-0.4, -0.2) is 41.7 Å². The smallest absolute Gasteiger partial charge is 0.294 e. The summed E-state index contributed by atoms with van der Waals surface area (Å²) in [5.74, 6) is 2.30. The summed E-state index contributed by atoms with van der Waals surface area (Å²) >= 11 is 4.27. The first-order valence-corrected chi connectivity index (χ1v) is 11.2. The maximum atomic E-state index is 12.4. The van der Waals surface area contributed by atoms with Crippen LogP contribution in [0.2, 0.25) is 0 Å². The van der Waals surface area contributed by atoms with Gasteiger partial charge in [0.25, 0.3) is 17.1 Å². The van der Waals surface area contributed by atoms with E-state index in [1.54, 1.807) is 30.3 Å². The highest BCUT2D eigenvalue weighted by atomic mass is 79.9. The van der Waals surface area contributed by atoms with Gasteiger partial charge in [-0.05, 0) is 54.6 Å². The lowest BCUT2D eigenvalue weighted by molar-refractivity contribution is -0.122. The Kier molecular flexibility index (Phi) is 7.98. The molecule has 9 heteroatoms. The molecule has 1 N–H and O–H groups in total. The summed E-state index contributed by atoms with van der Waals surface area (Å²) < 4.78 is 11.9. The predicted octanol–water partition coefficient (Wildman–Crippen LogP) is 4.53. The quantitative estimate of drug-likeness (QED) is 0.411. The van der Waals surface area contributed by atoms with Crippen molar-refractivity contribution in [2.24, 2.45) is 0 Å². The molecule has 1 fully saturated rings. The predicted molar refractivity (Wildman–Crippen MR) is 127 cm³/mol. The van der Waals surface area contributed by atoms with E-state index in [9.17, 15) is 14.4 Å². The summed E-state index contributed by atoms with van der Waals surface area (Å²) in [5, 5.41) is 2.33. The summed E-state index contributed by atoms with van der Waals surface area (Å²) in [5.41, 5.74) is 1.28. The molecule has 0 unspecified atom stereocenters. The number of terminal acetylenes is 1. The number of thioether (sulfide) groups is 1. The van der Waals surface area contributed by atoms with E-state index in [0.717, 1.165) is 16.7 Å². The number of hydrogen-bond donors (Lipinski definition) is 1. The molecule has 7 nitrogen and oxygen atoms in total. The Bertz CT molecular complexity index is 1110. The summed E-state index contributed by atoms with van der Waals surface area (Å²) in [6.07, 6.45) is 6.81. The number of nitrogens with one attached hydrogen (secondary N) is 1. The van der Waals surface area contributed by atoms with Gasteiger partial charge in [0.2, 0.25) is 0 Å². The van der Waals surface area contributed by atoms with Crippen molar-refractivity contribution in [2.45, 2.75) is 6.92 Å². The van der Waals surface area contributed by atoms with Crippen LogP contribution in [0.5, 0.6) is 11.5 Å². The molecular weight excluding hydrogens is 496 g/mol. The standard InChI is InChI=1S/C23H19BrN2O5S/c1-3-10-26-22(28)20(32-23(26)29)12-15-11-18(30-4-2)19(13-17(15)24)31-14-21(27)25-16-8-6-5-7-9-16/h1,5-9,11-13H,4,10,14H2,2H3,(H,25,27)/b20-12+. The highest BCUT2D eigenvalue weighted by Crippen LogP contribution is 2.38. The fourth-order valence-electron chi connectivity index (χ4n) is 2.77. The zero-order chi connectivity index (χ0) is 23.1. The van der Waals surface area contributed by atoms with Crippen molar-refractivity contribution in [3.05, 3.63) is 57.4 Å². The topological polar surface area (TPSA) is 84.9 Å². The van der Waals surface area contributed by atoms with Gasteiger partial charge in [0, 0.05) is 10.2 Å². The summed E-state index contributed by atoms with van der Waals surface area (Å²) in [4.78, 5) is 37.9. The third-order valence-electron chi connectivity index (χ3n) is 4.19. The van der Waals surface area contributed by atoms with Crippen LogP contribution in [0.25, 0.3) is 6.08 Å². The number of carbonyl (C=O) groups is 3. The number of para-hydroxylation sites is 1. The van der Waals surface area contributed by atoms with Crippen LogP contribution in [-0.2, 0) is 9.59 Å². The molecule has 32 heavy (non-hydrogen) atoms. The van der Waals surface area contributed by atoms with Gasteiger partial charge in [-0.1, -0.05) is 40.0 Å². The first-order chi connectivity index (χ1) is 15.4. The van der Waals surface area contributed by atoms with E-state index < -0.39 is 11.1 Å². The lowest BCUT2D eigenvalue weighted by atomic mass is 10.2. The average molecular weight is 515 g/mol. The number of hydrogen-bond acceptors (Lipinski definition) is 6. The van der Waals surface area contributed by atoms with Gasteiger partial charge in [-0.25, -0.2) is 0 Å². The number of carbonyl (C=O) groups excluding carboxylic acids is 3. The largest absolute Gasteiger partial charge is 0.490 e. The van der Waals surface area contributed by atoms with Crippen molar-refractivity contribution in [3.63, 3.8) is 0 Å². The maximum absolute atomic E-state index is 12.4. The molecule has 0 saturated carbocycles. The van der Waals surface area contributed by atoms with Gasteiger partial charge >= 0.3 is 0 Å². The molecule has 0 aliphatic carbocycles. The number of benzene rings is 2. The second kappa shape index (κ2) is 10.9. The maximum Gasteiger partial charge on any atom is 0.294 e. The Morgan fingerprint density at radius 3 is 2.62 bits per heavy atom. The summed E-state index contributed by atoms with van der Waals surface area (Å²) in [6, 6.07) is 12.4. The highest BCUT2D eigenvalue weighted by molar-refractivity contribution is 9.10. The molecule has 0 bridgehead atoms. The first-order valence-electron chi connectivity index (χ1n) is 9.55. The van der Waals surface area contributed by atoms with Crippen LogP contribution in [0.15, 0.2) is 51.8 Å². The molecule has 1 saturated heterocycles. The molecule has 0 spiro atoms. The summed E-state index contributed by atoms with van der Waals surface area (Å²) in [6.45, 7) is 1.89. The molecule has 0 aromatic heterocycles. The Labute approximate surface area is 198 Å². The molecule has 1 heterocycles. The SMILES string of the molecule is C#CCN1C(=O)S/C(=C/c2cc(OCC)c(OCC(=O)Nc3ccccc3)cc2Br)C1=O. The van der Waals surface area contributed by atoms with Crippen LogP contribution in [0.3, 0.4) is 0 Å². The van der Waals surface area contributed by atoms with Gasteiger partial charge < -0.3 is 14.8 Å². The Balaban J connectivity index is 1.78. The van der Waals surface area contributed by atoms with Crippen molar-refractivity contribution in [1.82, 2.24) is 4.90 Å². The lowest BCUT2D eigenvalue weighted by Crippen LogP contribution is -2.28. The monoisotopic (exact) mass is 514 g/mol. The normalized spacial score (nSPS) is 14.4. The van der Waals surface area contributed by atoms with E-state index in [2.05, 4.69) is 27.2 Å². The van der Waals surface area contributed by atoms with Gasteiger partial charge in [-0.3, -0.25) is 19.3 Å². The van der Waals surface area contributed by atoms with Crippen LogP contribution in [0.4, 0.5) is 10.5 Å². The molecule has 3 rings (SSSR count). The van der Waals surface area contributed by atoms with E-state index in [0.29, 0.717) is 33.8 Å². The number of ether oxygens (including phenoxy) is 2. The third kappa shape index (κ3) is 5.72. The molecule has 0 atom stereocenters. The minimum atomic E-state index is -0.444. The molecule has 1 aliphatic rings. The third-order valence-corrected chi connectivity index (χ3v) is 5.78. The number of halogens is 1. The van der Waals surface area contributed by atoms with Gasteiger partial charge in [0.05, 0.1) is 18.1 Å². The number of imide groups is 1. The Hall–Kier alpha value is -3.22. The van der Waals surface area contributed by atoms with Crippen molar-refractivity contribution >= 4 is 56.5 Å². The van der Waals surface area contributed by atoms with Gasteiger partial charge in [0.1, 0.15) is 0 Å². The number of anilines is 1. The second-order valence-electron chi connectivity index (χ2n) is 6.43. The average Bonchev–Trinajstić information content (AvgIpc) is 3.03. The van der Waals surface area contributed by atoms with E-state index in [-0.39, 0.29) is 24.0 Å². The van der Waals surface area contributed by atoms with Crippen molar-refractivity contribution < 1.29 is 23.9 Å². The van der Waals surface area contributed by atoms with Crippen LogP contribution < -0.4 is 14.8 Å². The molecule has 2 aromatic rings. The first kappa shape index (κ1) is 23.4. The zero-order valence-electron chi connectivity index (χ0n) is 17.1. The van der Waals surface area contributed by atoms with Crippen LogP contribution in [0.1, 0.15) is 12.5 Å². The highest BCUT2D eigenvalue weighted by Gasteiger charge is 2.34. The molecule has 164 valence electrons. The molecule has 1 aliphatic heterocycles. The van der Waals surface area contributed by atoms with Crippen LogP contribution >= 0.6 is 27.7 Å². The number of nitrogens with zero attached hydrogens (tertiary/aromatic N) is 1. The van der Waals surface area contributed by atoms with E-state index in [1.165, 1.54) is 0 Å². The molecule has 2 aromatic carbocycles. The fourth-order valence-corrected chi connectivity index (χ4v) is 4.04. The molecule has 3 amide bonds. The molecular formula is C23H19BrN2O5S. The van der Waals surface area contributed by atoms with Crippen molar-refractivity contribution in [2.75, 3.05) is 25.1 Å². The Morgan fingerprint density at radius 1 is 1.22 bits per heavy atom. The minimum Gasteiger partial charge on any atom is -0.490 e. The van der Waals surface area contributed by atoms with Gasteiger partial charge in [0.15, 0.2) is 18.1 Å². The van der Waals surface area contributed by atoms with Crippen molar-refractivity contribution in [3.8, 4) is 23.8 Å². The lowest BCUT2D eigenvalue weighted by Gasteiger charge is -2.14. The van der Waals surface area contributed by atoms with E-state index in [1.807, 2.05) is 25.1 Å². The van der Waals surface area contributed by atoms with Gasteiger partial charge in [-0.15, -0.1) is 6.42 Å². The number of amides is 3. The molecule has 0 radical (unpaired) electrons. The van der Waals surface area contributed by atoms with Crippen LogP contribution in [0, 0.1) is 12.3 Å². The Morgan fingerprint density at radius 2 is 1.94 bits per heavy atom. The minimum absolute atomic E-state index is 0.0782. The fraction of sp³-hybridized carbons (Fsp3) is 0.174. The van der Waals surface area contributed by atoms with Crippen molar-refractivity contribution in [1.29, 1.82) is 0 Å². The zero-order valence-corrected chi connectivity index (χ0v) is 19.5. The number of rotatable bonds is 8. The summed E-state index contributed by atoms with van der Waals surface area (Å²) in [7, 11) is 0. The van der Waals surface area contributed by atoms with E-state index in [4.69, 9.17) is 15.9 Å². The van der Waals surface area contributed by atoms with E-state index >= 15 is 0 Å².